The lowest BCUT2D eigenvalue weighted by molar-refractivity contribution is 0.998. The summed E-state index contributed by atoms with van der Waals surface area (Å²) < 4.78 is 0. The molecule has 0 fully saturated rings. The molecule has 2 aromatic rings. The molecule has 0 saturated carbocycles. The zero-order valence-corrected chi connectivity index (χ0v) is 10.9. The van der Waals surface area contributed by atoms with Gasteiger partial charge in [-0.3, -0.25) is 0 Å². The molecule has 2 rings (SSSR count). The van der Waals surface area contributed by atoms with Crippen molar-refractivity contribution in [1.29, 1.82) is 0 Å². The molecular formula is C10H5Cl3N2S. The highest BCUT2D eigenvalue weighted by atomic mass is 35.5. The number of hydrogen-bond acceptors (Lipinski definition) is 3. The quantitative estimate of drug-likeness (QED) is 0.809. The van der Waals surface area contributed by atoms with Crippen LogP contribution in [0.1, 0.15) is 0 Å². The number of rotatable bonds is 2. The van der Waals surface area contributed by atoms with Crippen molar-refractivity contribution in [2.45, 2.75) is 9.79 Å². The standard InChI is InChI=1S/C10H5Cl3N2S/c11-7-8(10(13)15-14-9(7)12)16-6-4-2-1-3-5-6/h1-5H. The molecule has 0 bridgehead atoms. The van der Waals surface area contributed by atoms with Crippen molar-refractivity contribution in [3.05, 3.63) is 45.7 Å². The van der Waals surface area contributed by atoms with Gasteiger partial charge in [-0.05, 0) is 12.1 Å². The predicted molar refractivity (Wildman–Crippen MR) is 67.6 cm³/mol. The summed E-state index contributed by atoms with van der Waals surface area (Å²) >= 11 is 19.1. The Labute approximate surface area is 112 Å². The van der Waals surface area contributed by atoms with E-state index in [-0.39, 0.29) is 10.3 Å². The Hall–Kier alpha value is -0.480. The lowest BCUT2D eigenvalue weighted by atomic mass is 10.4. The van der Waals surface area contributed by atoms with Crippen molar-refractivity contribution < 1.29 is 0 Å². The Balaban J connectivity index is 2.38. The van der Waals surface area contributed by atoms with Crippen LogP contribution >= 0.6 is 46.6 Å². The predicted octanol–water partition coefficient (Wildman–Crippen LogP) is 4.59. The van der Waals surface area contributed by atoms with Crippen LogP contribution in [0.15, 0.2) is 40.1 Å². The highest BCUT2D eigenvalue weighted by Gasteiger charge is 2.13. The average Bonchev–Trinajstić information content (AvgIpc) is 2.31. The zero-order valence-electron chi connectivity index (χ0n) is 7.82. The number of nitrogens with zero attached hydrogens (tertiary/aromatic N) is 2. The molecule has 0 saturated heterocycles. The lowest BCUT2D eigenvalue weighted by Crippen LogP contribution is -1.88. The second kappa shape index (κ2) is 5.23. The van der Waals surface area contributed by atoms with Gasteiger partial charge in [0.25, 0.3) is 0 Å². The minimum Gasteiger partial charge on any atom is -0.136 e. The summed E-state index contributed by atoms with van der Waals surface area (Å²) in [5.74, 6) is 0. The Morgan fingerprint density at radius 1 is 0.875 bits per heavy atom. The van der Waals surface area contributed by atoms with Gasteiger partial charge in [0.1, 0.15) is 0 Å². The minimum absolute atomic E-state index is 0.157. The van der Waals surface area contributed by atoms with Crippen molar-refractivity contribution in [3.63, 3.8) is 0 Å². The summed E-state index contributed by atoms with van der Waals surface area (Å²) in [6, 6.07) is 9.70. The Bertz CT molecular complexity index is 505. The first-order valence-corrected chi connectivity index (χ1v) is 6.23. The van der Waals surface area contributed by atoms with Gasteiger partial charge < -0.3 is 0 Å². The van der Waals surface area contributed by atoms with E-state index in [2.05, 4.69) is 10.2 Å². The largest absolute Gasteiger partial charge is 0.171 e. The maximum absolute atomic E-state index is 6.01. The second-order valence-electron chi connectivity index (χ2n) is 2.84. The first-order chi connectivity index (χ1) is 7.68. The van der Waals surface area contributed by atoms with E-state index < -0.39 is 0 Å². The van der Waals surface area contributed by atoms with Gasteiger partial charge in [0.2, 0.25) is 0 Å². The maximum atomic E-state index is 6.01. The van der Waals surface area contributed by atoms with E-state index >= 15 is 0 Å². The van der Waals surface area contributed by atoms with Crippen LogP contribution in [0.4, 0.5) is 0 Å². The van der Waals surface area contributed by atoms with Crippen LogP contribution < -0.4 is 0 Å². The third-order valence-corrected chi connectivity index (χ3v) is 4.08. The van der Waals surface area contributed by atoms with Gasteiger partial charge in [-0.1, -0.05) is 64.8 Å². The molecule has 16 heavy (non-hydrogen) atoms. The van der Waals surface area contributed by atoms with Crippen molar-refractivity contribution in [2.24, 2.45) is 0 Å². The van der Waals surface area contributed by atoms with E-state index in [9.17, 15) is 0 Å². The molecule has 0 aliphatic heterocycles. The van der Waals surface area contributed by atoms with Gasteiger partial charge in [0, 0.05) is 4.90 Å². The molecule has 2 nitrogen and oxygen atoms in total. The summed E-state index contributed by atoms with van der Waals surface area (Å²) in [5.41, 5.74) is 0. The summed E-state index contributed by atoms with van der Waals surface area (Å²) in [6.07, 6.45) is 0. The molecule has 1 aromatic carbocycles. The van der Waals surface area contributed by atoms with Gasteiger partial charge in [-0.15, -0.1) is 10.2 Å². The van der Waals surface area contributed by atoms with Crippen molar-refractivity contribution >= 4 is 46.6 Å². The van der Waals surface area contributed by atoms with Gasteiger partial charge in [-0.25, -0.2) is 0 Å². The molecule has 1 heterocycles. The molecule has 0 N–H and O–H groups in total. The highest BCUT2D eigenvalue weighted by Crippen LogP contribution is 2.39. The van der Waals surface area contributed by atoms with Gasteiger partial charge in [0.05, 0.1) is 9.92 Å². The molecule has 0 atom stereocenters. The maximum Gasteiger partial charge on any atom is 0.171 e. The average molecular weight is 292 g/mol. The van der Waals surface area contributed by atoms with Crippen molar-refractivity contribution in [3.8, 4) is 0 Å². The molecule has 6 heteroatoms. The molecular weight excluding hydrogens is 287 g/mol. The van der Waals surface area contributed by atoms with E-state index in [1.165, 1.54) is 11.8 Å². The van der Waals surface area contributed by atoms with Crippen molar-refractivity contribution in [2.75, 3.05) is 0 Å². The smallest absolute Gasteiger partial charge is 0.136 e. The molecule has 0 spiro atoms. The topological polar surface area (TPSA) is 25.8 Å². The normalized spacial score (nSPS) is 10.4. The fourth-order valence-electron chi connectivity index (χ4n) is 1.05. The van der Waals surface area contributed by atoms with Crippen LogP contribution in [0, 0.1) is 0 Å². The molecule has 1 aromatic heterocycles. The first kappa shape index (κ1) is 12.0. The van der Waals surface area contributed by atoms with Crippen LogP contribution in [0.3, 0.4) is 0 Å². The molecule has 82 valence electrons. The highest BCUT2D eigenvalue weighted by molar-refractivity contribution is 7.99. The lowest BCUT2D eigenvalue weighted by Gasteiger charge is -2.05. The Morgan fingerprint density at radius 3 is 2.19 bits per heavy atom. The number of hydrogen-bond donors (Lipinski definition) is 0. The number of aromatic nitrogens is 2. The third-order valence-electron chi connectivity index (χ3n) is 1.76. The van der Waals surface area contributed by atoms with E-state index in [1.807, 2.05) is 30.3 Å². The van der Waals surface area contributed by atoms with Gasteiger partial charge >= 0.3 is 0 Å². The zero-order chi connectivity index (χ0) is 11.5. The van der Waals surface area contributed by atoms with Gasteiger partial charge in [-0.2, -0.15) is 0 Å². The summed E-state index contributed by atoms with van der Waals surface area (Å²) in [5, 5.41) is 8.07. The summed E-state index contributed by atoms with van der Waals surface area (Å²) in [7, 11) is 0. The van der Waals surface area contributed by atoms with Crippen molar-refractivity contribution in [1.82, 2.24) is 10.2 Å². The molecule has 0 aliphatic carbocycles. The molecule has 0 aliphatic rings. The van der Waals surface area contributed by atoms with E-state index in [0.29, 0.717) is 9.92 Å². The summed E-state index contributed by atoms with van der Waals surface area (Å²) in [6.45, 7) is 0. The first-order valence-electron chi connectivity index (χ1n) is 4.28. The van der Waals surface area contributed by atoms with Crippen LogP contribution in [0.5, 0.6) is 0 Å². The fraction of sp³-hybridized carbons (Fsp3) is 0. The second-order valence-corrected chi connectivity index (χ2v) is 5.02. The Kier molecular flexibility index (Phi) is 3.92. The van der Waals surface area contributed by atoms with E-state index in [4.69, 9.17) is 34.8 Å². The van der Waals surface area contributed by atoms with E-state index in [1.54, 1.807) is 0 Å². The molecule has 0 amide bonds. The third kappa shape index (κ3) is 2.61. The minimum atomic E-state index is 0.157. The van der Waals surface area contributed by atoms with Crippen LogP contribution in [0.25, 0.3) is 0 Å². The van der Waals surface area contributed by atoms with Crippen LogP contribution in [-0.2, 0) is 0 Å². The van der Waals surface area contributed by atoms with E-state index in [0.717, 1.165) is 4.90 Å². The SMILES string of the molecule is Clc1nnc(Cl)c(Sc2ccccc2)c1Cl. The summed E-state index contributed by atoms with van der Waals surface area (Å²) in [4.78, 5) is 1.63. The molecule has 0 unspecified atom stereocenters. The van der Waals surface area contributed by atoms with Crippen LogP contribution in [0.2, 0.25) is 15.3 Å². The Morgan fingerprint density at radius 2 is 1.50 bits per heavy atom. The number of benzene rings is 1. The molecule has 0 radical (unpaired) electrons. The van der Waals surface area contributed by atoms with Crippen LogP contribution in [-0.4, -0.2) is 10.2 Å². The number of halogens is 3. The monoisotopic (exact) mass is 290 g/mol. The van der Waals surface area contributed by atoms with Gasteiger partial charge in [0.15, 0.2) is 10.3 Å². The fourth-order valence-corrected chi connectivity index (χ4v) is 2.62.